The number of aryl methyl sites for hydroxylation is 1. The molecule has 1 atom stereocenters. The van der Waals surface area contributed by atoms with Crippen molar-refractivity contribution in [2.24, 2.45) is 5.92 Å². The normalized spacial score (nSPS) is 18.4. The number of carbonyl (C=O) groups is 2. The van der Waals surface area contributed by atoms with Crippen LogP contribution in [0.3, 0.4) is 0 Å². The lowest BCUT2D eigenvalue weighted by Gasteiger charge is -2.22. The van der Waals surface area contributed by atoms with Crippen LogP contribution in [0, 0.1) is 12.8 Å². The zero-order chi connectivity index (χ0) is 18.7. The molecule has 1 aromatic heterocycles. The molecule has 26 heavy (non-hydrogen) atoms. The fourth-order valence-corrected chi connectivity index (χ4v) is 3.28. The molecule has 2 amide bonds. The highest BCUT2D eigenvalue weighted by atomic mass is 16.3. The molecule has 1 N–H and O–H groups in total. The predicted octanol–water partition coefficient (Wildman–Crippen LogP) is 3.29. The Labute approximate surface area is 153 Å². The van der Waals surface area contributed by atoms with Gasteiger partial charge in [0.25, 0.3) is 5.91 Å². The van der Waals surface area contributed by atoms with E-state index < -0.39 is 0 Å². The molecule has 1 aromatic carbocycles. The summed E-state index contributed by atoms with van der Waals surface area (Å²) in [7, 11) is 0. The van der Waals surface area contributed by atoms with Crippen molar-refractivity contribution < 1.29 is 14.0 Å². The fourth-order valence-electron chi connectivity index (χ4n) is 3.28. The van der Waals surface area contributed by atoms with Gasteiger partial charge in [-0.25, -0.2) is 4.98 Å². The Morgan fingerprint density at radius 3 is 2.96 bits per heavy atom. The summed E-state index contributed by atoms with van der Waals surface area (Å²) in [6.07, 6.45) is 2.98. The summed E-state index contributed by atoms with van der Waals surface area (Å²) < 4.78 is 5.50. The topological polar surface area (TPSA) is 75.4 Å². The van der Waals surface area contributed by atoms with Gasteiger partial charge in [-0.3, -0.25) is 9.59 Å². The van der Waals surface area contributed by atoms with Gasteiger partial charge in [0.05, 0.1) is 0 Å². The number of amides is 2. The van der Waals surface area contributed by atoms with Crippen LogP contribution in [0.25, 0.3) is 11.1 Å². The number of oxazole rings is 1. The van der Waals surface area contributed by atoms with E-state index in [-0.39, 0.29) is 17.9 Å². The van der Waals surface area contributed by atoms with Crippen LogP contribution < -0.4 is 5.32 Å². The predicted molar refractivity (Wildman–Crippen MR) is 99.9 cm³/mol. The Morgan fingerprint density at radius 1 is 1.38 bits per heavy atom. The molecule has 1 fully saturated rings. The van der Waals surface area contributed by atoms with Gasteiger partial charge in [-0.05, 0) is 43.4 Å². The van der Waals surface area contributed by atoms with Crippen LogP contribution in [0.5, 0.6) is 0 Å². The SMILES string of the molecule is Cc1nc2ccc(C(=O)NC3CCC(=O)N(CCC(C)C)CC3)cc2o1. The van der Waals surface area contributed by atoms with Crippen molar-refractivity contribution in [3.05, 3.63) is 29.7 Å². The molecule has 0 spiro atoms. The van der Waals surface area contributed by atoms with Crippen LogP contribution in [-0.2, 0) is 4.79 Å². The van der Waals surface area contributed by atoms with E-state index in [1.54, 1.807) is 25.1 Å². The minimum atomic E-state index is -0.131. The Balaban J connectivity index is 1.60. The number of nitrogens with zero attached hydrogens (tertiary/aromatic N) is 2. The standard InChI is InChI=1S/C20H27N3O3/c1-13(2)8-10-23-11-9-16(5-7-19(23)24)22-20(25)15-4-6-17-18(12-15)26-14(3)21-17/h4,6,12-13,16H,5,7-11H2,1-3H3,(H,22,25). The van der Waals surface area contributed by atoms with Gasteiger partial charge in [-0.2, -0.15) is 0 Å². The van der Waals surface area contributed by atoms with Crippen molar-refractivity contribution in [1.82, 2.24) is 15.2 Å². The molecule has 2 heterocycles. The summed E-state index contributed by atoms with van der Waals surface area (Å²) in [5.41, 5.74) is 1.92. The lowest BCUT2D eigenvalue weighted by atomic mass is 10.1. The first-order valence-corrected chi connectivity index (χ1v) is 9.38. The average Bonchev–Trinajstić information content (AvgIpc) is 2.88. The molecule has 1 unspecified atom stereocenters. The fraction of sp³-hybridized carbons (Fsp3) is 0.550. The second-order valence-corrected chi connectivity index (χ2v) is 7.48. The van der Waals surface area contributed by atoms with E-state index >= 15 is 0 Å². The maximum Gasteiger partial charge on any atom is 0.251 e. The van der Waals surface area contributed by atoms with Gasteiger partial charge >= 0.3 is 0 Å². The second kappa shape index (κ2) is 7.89. The smallest absolute Gasteiger partial charge is 0.251 e. The minimum Gasteiger partial charge on any atom is -0.441 e. The molecular formula is C20H27N3O3. The van der Waals surface area contributed by atoms with Crippen LogP contribution in [0.4, 0.5) is 0 Å². The number of hydrogen-bond donors (Lipinski definition) is 1. The van der Waals surface area contributed by atoms with E-state index in [4.69, 9.17) is 4.42 Å². The highest BCUT2D eigenvalue weighted by molar-refractivity contribution is 5.97. The summed E-state index contributed by atoms with van der Waals surface area (Å²) in [6, 6.07) is 5.30. The van der Waals surface area contributed by atoms with Crippen molar-refractivity contribution in [3.63, 3.8) is 0 Å². The molecule has 0 saturated carbocycles. The van der Waals surface area contributed by atoms with Gasteiger partial charge in [0.2, 0.25) is 5.91 Å². The van der Waals surface area contributed by atoms with Crippen molar-refractivity contribution in [2.75, 3.05) is 13.1 Å². The van der Waals surface area contributed by atoms with Crippen LogP contribution >= 0.6 is 0 Å². The molecule has 6 nitrogen and oxygen atoms in total. The van der Waals surface area contributed by atoms with Gasteiger partial charge < -0.3 is 14.6 Å². The molecule has 0 bridgehead atoms. The van der Waals surface area contributed by atoms with Crippen LogP contribution in [0.1, 0.15) is 55.8 Å². The lowest BCUT2D eigenvalue weighted by Crippen LogP contribution is -2.36. The Bertz CT molecular complexity index is 797. The molecule has 140 valence electrons. The Morgan fingerprint density at radius 2 is 2.19 bits per heavy atom. The van der Waals surface area contributed by atoms with E-state index in [0.29, 0.717) is 42.3 Å². The second-order valence-electron chi connectivity index (χ2n) is 7.48. The third-order valence-corrected chi connectivity index (χ3v) is 4.88. The van der Waals surface area contributed by atoms with Gasteiger partial charge in [0.15, 0.2) is 11.5 Å². The molecule has 6 heteroatoms. The zero-order valence-electron chi connectivity index (χ0n) is 15.7. The molecule has 0 aliphatic carbocycles. The number of nitrogens with one attached hydrogen (secondary N) is 1. The number of rotatable bonds is 5. The first-order chi connectivity index (χ1) is 12.4. The zero-order valence-corrected chi connectivity index (χ0v) is 15.7. The third-order valence-electron chi connectivity index (χ3n) is 4.88. The van der Waals surface area contributed by atoms with Gasteiger partial charge in [0.1, 0.15) is 5.52 Å². The summed E-state index contributed by atoms with van der Waals surface area (Å²) in [5, 5.41) is 3.07. The largest absolute Gasteiger partial charge is 0.441 e. The number of fused-ring (bicyclic) bond motifs is 1. The summed E-state index contributed by atoms with van der Waals surface area (Å²) in [5.74, 6) is 1.23. The Hall–Kier alpha value is -2.37. The number of carbonyl (C=O) groups excluding carboxylic acids is 2. The van der Waals surface area contributed by atoms with Crippen molar-refractivity contribution in [2.45, 2.75) is 52.5 Å². The minimum absolute atomic E-state index is 0.0164. The van der Waals surface area contributed by atoms with E-state index in [1.165, 1.54) is 0 Å². The van der Waals surface area contributed by atoms with Crippen LogP contribution in [-0.4, -0.2) is 40.8 Å². The highest BCUT2D eigenvalue weighted by Gasteiger charge is 2.24. The quantitative estimate of drug-likeness (QED) is 0.891. The van der Waals surface area contributed by atoms with Crippen molar-refractivity contribution in [3.8, 4) is 0 Å². The van der Waals surface area contributed by atoms with E-state index in [0.717, 1.165) is 24.9 Å². The molecule has 1 aliphatic rings. The third kappa shape index (κ3) is 4.42. The first kappa shape index (κ1) is 18.4. The van der Waals surface area contributed by atoms with E-state index in [9.17, 15) is 9.59 Å². The molecule has 0 radical (unpaired) electrons. The van der Waals surface area contributed by atoms with Gasteiger partial charge in [0, 0.05) is 38.0 Å². The number of likely N-dealkylation sites (tertiary alicyclic amines) is 1. The van der Waals surface area contributed by atoms with Gasteiger partial charge in [-0.15, -0.1) is 0 Å². The summed E-state index contributed by atoms with van der Waals surface area (Å²) in [6.45, 7) is 7.62. The number of benzene rings is 1. The summed E-state index contributed by atoms with van der Waals surface area (Å²) >= 11 is 0. The molecular weight excluding hydrogens is 330 g/mol. The van der Waals surface area contributed by atoms with Crippen molar-refractivity contribution >= 4 is 22.9 Å². The molecule has 3 rings (SSSR count). The molecule has 1 aliphatic heterocycles. The Kier molecular flexibility index (Phi) is 5.59. The van der Waals surface area contributed by atoms with Crippen LogP contribution in [0.2, 0.25) is 0 Å². The lowest BCUT2D eigenvalue weighted by molar-refractivity contribution is -0.130. The maximum absolute atomic E-state index is 12.6. The monoisotopic (exact) mass is 357 g/mol. The molecule has 1 saturated heterocycles. The van der Waals surface area contributed by atoms with E-state index in [1.807, 2.05) is 4.90 Å². The van der Waals surface area contributed by atoms with E-state index in [2.05, 4.69) is 24.1 Å². The number of hydrogen-bond acceptors (Lipinski definition) is 4. The van der Waals surface area contributed by atoms with Crippen molar-refractivity contribution in [1.29, 1.82) is 0 Å². The van der Waals surface area contributed by atoms with Gasteiger partial charge in [-0.1, -0.05) is 13.8 Å². The number of aromatic nitrogens is 1. The average molecular weight is 357 g/mol. The maximum atomic E-state index is 12.6. The summed E-state index contributed by atoms with van der Waals surface area (Å²) in [4.78, 5) is 31.0. The highest BCUT2D eigenvalue weighted by Crippen LogP contribution is 2.18. The molecule has 2 aromatic rings. The van der Waals surface area contributed by atoms with Crippen LogP contribution in [0.15, 0.2) is 22.6 Å². The first-order valence-electron chi connectivity index (χ1n) is 9.38.